The fraction of sp³-hybridized carbons (Fsp3) is 0.375. The molecular weight excluding hydrogens is 662 g/mol. The van der Waals surface area contributed by atoms with Gasteiger partial charge < -0.3 is 30.6 Å². The number of carbonyl (C=O) groups is 3. The Bertz CT molecular complexity index is 1880. The Morgan fingerprint density at radius 3 is 2.21 bits per heavy atom. The Morgan fingerprint density at radius 2 is 1.46 bits per heavy atom. The van der Waals surface area contributed by atoms with E-state index in [9.17, 15) is 34.8 Å². The van der Waals surface area contributed by atoms with Crippen molar-refractivity contribution >= 4 is 23.3 Å². The van der Waals surface area contributed by atoms with Gasteiger partial charge in [-0.2, -0.15) is 0 Å². The highest BCUT2D eigenvalue weighted by atomic mass is 16.5. The lowest BCUT2D eigenvalue weighted by atomic mass is 9.95. The van der Waals surface area contributed by atoms with Crippen LogP contribution in [0.25, 0.3) is 28.2 Å². The van der Waals surface area contributed by atoms with Crippen LogP contribution in [0.15, 0.2) is 78.9 Å². The summed E-state index contributed by atoms with van der Waals surface area (Å²) in [6.45, 7) is 2.75. The van der Waals surface area contributed by atoms with E-state index < -0.39 is 12.6 Å². The number of nitrogens with one attached hydrogen (secondary N) is 1. The number of rotatable bonds is 17. The van der Waals surface area contributed by atoms with Crippen molar-refractivity contribution in [1.29, 1.82) is 0 Å². The van der Waals surface area contributed by atoms with Gasteiger partial charge in [0.05, 0.1) is 17.9 Å². The van der Waals surface area contributed by atoms with Crippen LogP contribution in [0.1, 0.15) is 100 Å². The molecule has 5 N–H and O–H groups in total. The maximum atomic E-state index is 14.0. The summed E-state index contributed by atoms with van der Waals surface area (Å²) < 4.78 is 1.44. The van der Waals surface area contributed by atoms with Crippen molar-refractivity contribution in [2.24, 2.45) is 0 Å². The summed E-state index contributed by atoms with van der Waals surface area (Å²) in [5.41, 5.74) is 4.25. The Kier molecular flexibility index (Phi) is 13.6. The molecule has 0 radical (unpaired) electrons. The molecule has 3 aromatic carbocycles. The molecule has 1 aliphatic rings. The monoisotopic (exact) mass is 709 g/mol. The molecule has 5 rings (SSSR count). The number of aliphatic hydroxyl groups is 4. The van der Waals surface area contributed by atoms with Gasteiger partial charge in [-0.15, -0.1) is 5.10 Å². The second kappa shape index (κ2) is 18.5. The molecule has 0 aliphatic carbocycles. The number of hydrogen-bond donors (Lipinski definition) is 5. The minimum absolute atomic E-state index is 0.0727. The molecule has 2 heterocycles. The number of carbonyl (C=O) groups excluding carboxylic acids is 3. The Hall–Kier alpha value is -5.01. The van der Waals surface area contributed by atoms with E-state index in [-0.39, 0.29) is 47.4 Å². The second-order valence-corrected chi connectivity index (χ2v) is 13.0. The quantitative estimate of drug-likeness (QED) is 0.0532. The number of nitrogens with zero attached hydrogens (tertiary/aromatic N) is 4. The maximum Gasteiger partial charge on any atom is 0.243 e. The average molecular weight is 710 g/mol. The van der Waals surface area contributed by atoms with E-state index in [1.807, 2.05) is 55.5 Å². The number of hydrogen-bond acceptors (Lipinski definition) is 9. The van der Waals surface area contributed by atoms with Crippen LogP contribution in [0, 0.1) is 0 Å². The third kappa shape index (κ3) is 9.45. The minimum Gasteiger partial charge on any atom is -0.364 e. The Morgan fingerprint density at radius 1 is 0.788 bits per heavy atom. The van der Waals surface area contributed by atoms with Gasteiger partial charge in [-0.25, -0.2) is 4.68 Å². The van der Waals surface area contributed by atoms with Gasteiger partial charge in [0.2, 0.25) is 11.8 Å². The SMILES string of the molecule is C/C=C/C(=O)NCCCCCCCC(=O)CCCCC(=O)N1Cc2ccccc2-c2nnn(-c3cc(C(O)O)ccc3C(O)O)c2-c2ccccc21. The third-order valence-electron chi connectivity index (χ3n) is 9.23. The third-order valence-corrected chi connectivity index (χ3v) is 9.23. The molecule has 2 amide bonds. The number of amides is 2. The summed E-state index contributed by atoms with van der Waals surface area (Å²) in [6, 6.07) is 19.2. The van der Waals surface area contributed by atoms with Crippen LogP contribution in [0.5, 0.6) is 0 Å². The second-order valence-electron chi connectivity index (χ2n) is 13.0. The highest BCUT2D eigenvalue weighted by Crippen LogP contribution is 2.43. The Labute approximate surface area is 303 Å². The highest BCUT2D eigenvalue weighted by molar-refractivity contribution is 6.00. The van der Waals surface area contributed by atoms with Crippen molar-refractivity contribution in [3.05, 3.63) is 95.6 Å². The predicted octanol–water partition coefficient (Wildman–Crippen LogP) is 5.58. The largest absolute Gasteiger partial charge is 0.364 e. The molecule has 1 aliphatic heterocycles. The number of anilines is 1. The van der Waals surface area contributed by atoms with Crippen LogP contribution in [0.2, 0.25) is 0 Å². The molecule has 12 nitrogen and oxygen atoms in total. The minimum atomic E-state index is -1.89. The van der Waals surface area contributed by atoms with E-state index in [4.69, 9.17) is 0 Å². The van der Waals surface area contributed by atoms with E-state index in [1.165, 1.54) is 29.0 Å². The molecule has 0 bridgehead atoms. The van der Waals surface area contributed by atoms with Crippen LogP contribution in [0.3, 0.4) is 0 Å². The molecule has 0 saturated carbocycles. The van der Waals surface area contributed by atoms with Gasteiger partial charge in [0.15, 0.2) is 12.6 Å². The molecule has 12 heteroatoms. The average Bonchev–Trinajstić information content (AvgIpc) is 3.57. The number of aliphatic hydroxyl groups excluding tert-OH is 2. The van der Waals surface area contributed by atoms with E-state index in [1.54, 1.807) is 11.0 Å². The first-order valence-electron chi connectivity index (χ1n) is 17.9. The van der Waals surface area contributed by atoms with Gasteiger partial charge in [-0.1, -0.05) is 85.1 Å². The molecule has 52 heavy (non-hydrogen) atoms. The Balaban J connectivity index is 1.27. The van der Waals surface area contributed by atoms with Gasteiger partial charge in [-0.05, 0) is 56.4 Å². The first-order valence-corrected chi connectivity index (χ1v) is 17.9. The summed E-state index contributed by atoms with van der Waals surface area (Å²) in [5, 5.41) is 52.1. The van der Waals surface area contributed by atoms with Crippen LogP contribution in [-0.2, 0) is 20.9 Å². The molecular formula is C40H47N5O7. The van der Waals surface area contributed by atoms with Gasteiger partial charge in [-0.3, -0.25) is 14.4 Å². The number of ketones is 1. The van der Waals surface area contributed by atoms with Gasteiger partial charge in [0.1, 0.15) is 17.2 Å². The summed E-state index contributed by atoms with van der Waals surface area (Å²) >= 11 is 0. The summed E-state index contributed by atoms with van der Waals surface area (Å²) in [6.07, 6.45) is 6.64. The fourth-order valence-corrected chi connectivity index (χ4v) is 6.53. The van der Waals surface area contributed by atoms with E-state index >= 15 is 0 Å². The van der Waals surface area contributed by atoms with Crippen LogP contribution in [-0.4, -0.2) is 59.6 Å². The molecule has 0 atom stereocenters. The van der Waals surface area contributed by atoms with Gasteiger partial charge in [0, 0.05) is 48.1 Å². The first-order chi connectivity index (χ1) is 25.2. The standard InChI is InChI=1S/C40H47N5O7/c1-2-14-35(47)41-24-13-5-3-4-6-16-29(46)17-8-12-21-36(48)44-26-28-15-7-9-18-30(28)37-38(31-19-10-11-20-33(31)44)45(43-42-37)34-25-27(39(49)50)22-23-32(34)40(51)52/h2,7,9-11,14-15,18-20,22-23,25,39-40,49-52H,3-6,8,12-13,16-17,21,24,26H2,1H3,(H,41,47)/b14-2+. The number of fused-ring (bicyclic) bond motifs is 5. The summed E-state index contributed by atoms with van der Waals surface area (Å²) in [7, 11) is 0. The number of para-hydroxylation sites is 1. The molecule has 4 aromatic rings. The molecule has 0 unspecified atom stereocenters. The molecule has 1 aromatic heterocycles. The number of Topliss-reactive ketones (excluding diaryl/α,β-unsaturated/α-hetero) is 1. The zero-order valence-electron chi connectivity index (χ0n) is 29.4. The van der Waals surface area contributed by atoms with Crippen LogP contribution < -0.4 is 10.2 Å². The summed E-state index contributed by atoms with van der Waals surface area (Å²) in [4.78, 5) is 39.8. The van der Waals surface area contributed by atoms with Crippen molar-refractivity contribution in [3.8, 4) is 28.2 Å². The normalized spacial score (nSPS) is 12.4. The molecule has 274 valence electrons. The fourth-order valence-electron chi connectivity index (χ4n) is 6.53. The number of aromatic nitrogens is 3. The number of unbranched alkanes of at least 4 members (excludes halogenated alkanes) is 5. The predicted molar refractivity (Wildman–Crippen MR) is 197 cm³/mol. The smallest absolute Gasteiger partial charge is 0.243 e. The maximum absolute atomic E-state index is 14.0. The number of allylic oxidation sites excluding steroid dienone is 1. The van der Waals surface area contributed by atoms with E-state index in [0.717, 1.165) is 43.2 Å². The highest BCUT2D eigenvalue weighted by Gasteiger charge is 2.30. The van der Waals surface area contributed by atoms with E-state index in [2.05, 4.69) is 15.6 Å². The van der Waals surface area contributed by atoms with Crippen LogP contribution in [0.4, 0.5) is 5.69 Å². The number of benzene rings is 3. The van der Waals surface area contributed by atoms with Crippen molar-refractivity contribution in [2.45, 2.75) is 90.3 Å². The van der Waals surface area contributed by atoms with Gasteiger partial charge >= 0.3 is 0 Å². The van der Waals surface area contributed by atoms with Crippen molar-refractivity contribution in [3.63, 3.8) is 0 Å². The summed E-state index contributed by atoms with van der Waals surface area (Å²) in [5.74, 6) is 0.0301. The van der Waals surface area contributed by atoms with Crippen LogP contribution >= 0.6 is 0 Å². The topological polar surface area (TPSA) is 178 Å². The zero-order valence-corrected chi connectivity index (χ0v) is 29.4. The van der Waals surface area contributed by atoms with Crippen molar-refractivity contribution < 1.29 is 34.8 Å². The lowest BCUT2D eigenvalue weighted by Crippen LogP contribution is -2.31. The van der Waals surface area contributed by atoms with Gasteiger partial charge in [0.25, 0.3) is 0 Å². The van der Waals surface area contributed by atoms with Crippen molar-refractivity contribution in [1.82, 2.24) is 20.3 Å². The van der Waals surface area contributed by atoms with Crippen molar-refractivity contribution in [2.75, 3.05) is 11.4 Å². The zero-order chi connectivity index (χ0) is 37.0. The molecule has 0 spiro atoms. The lowest BCUT2D eigenvalue weighted by Gasteiger charge is -2.29. The molecule has 0 fully saturated rings. The lowest BCUT2D eigenvalue weighted by molar-refractivity contribution is -0.120. The first kappa shape index (κ1) is 38.2. The van der Waals surface area contributed by atoms with E-state index in [0.29, 0.717) is 54.9 Å². The molecule has 0 saturated heterocycles.